The first-order valence-corrected chi connectivity index (χ1v) is 7.43. The highest BCUT2D eigenvalue weighted by Crippen LogP contribution is 2.34. The van der Waals surface area contributed by atoms with Crippen molar-refractivity contribution < 1.29 is 4.79 Å². The number of rotatable bonds is 1. The number of nitrogens with one attached hydrogen (secondary N) is 3. The van der Waals surface area contributed by atoms with Crippen LogP contribution in [0.25, 0.3) is 11.0 Å². The molecule has 1 amide bonds. The van der Waals surface area contributed by atoms with Crippen LogP contribution in [0.1, 0.15) is 23.7 Å². The lowest BCUT2D eigenvalue weighted by atomic mass is 9.96. The fourth-order valence-corrected chi connectivity index (χ4v) is 3.33. The van der Waals surface area contributed by atoms with Gasteiger partial charge in [-0.3, -0.25) is 15.4 Å². The first-order chi connectivity index (χ1) is 10.6. The highest BCUT2D eigenvalue weighted by Gasteiger charge is 2.41. The average Bonchev–Trinajstić information content (AvgIpc) is 2.93. The summed E-state index contributed by atoms with van der Waals surface area (Å²) in [4.78, 5) is 21.0. The van der Waals surface area contributed by atoms with Crippen LogP contribution in [0.5, 0.6) is 0 Å². The summed E-state index contributed by atoms with van der Waals surface area (Å²) in [5.41, 5.74) is 9.34. The van der Waals surface area contributed by atoms with E-state index in [1.54, 1.807) is 0 Å². The third-order valence-corrected chi connectivity index (χ3v) is 4.51. The van der Waals surface area contributed by atoms with Gasteiger partial charge in [-0.2, -0.15) is 0 Å². The standard InChI is InChI=1S/C15H18N6O/c1-7-13(16)21-12-8(3-2-4-10(12)19-7)11-5-9-14(20-11)17-6-18-15(9)22/h2-4,9,11,14,17,20H,5-6H2,1H3,(H2,16,21)(H,18,22). The Bertz CT molecular complexity index is 761. The number of fused-ring (bicyclic) bond motifs is 2. The molecule has 0 bridgehead atoms. The number of aromatic nitrogens is 2. The van der Waals surface area contributed by atoms with Gasteiger partial charge in [0.05, 0.1) is 35.5 Å². The minimum atomic E-state index is -0.0650. The van der Waals surface area contributed by atoms with Crippen molar-refractivity contribution in [1.82, 2.24) is 25.9 Å². The number of amides is 1. The minimum absolute atomic E-state index is 0.00441. The fourth-order valence-electron chi connectivity index (χ4n) is 3.33. The quantitative estimate of drug-likeness (QED) is 0.598. The summed E-state index contributed by atoms with van der Waals surface area (Å²) in [7, 11) is 0. The molecule has 2 aliphatic rings. The van der Waals surface area contributed by atoms with E-state index in [9.17, 15) is 4.79 Å². The molecule has 1 aromatic heterocycles. The zero-order valence-electron chi connectivity index (χ0n) is 12.3. The second-order valence-corrected chi connectivity index (χ2v) is 5.87. The van der Waals surface area contributed by atoms with Crippen LogP contribution >= 0.6 is 0 Å². The lowest BCUT2D eigenvalue weighted by molar-refractivity contribution is -0.127. The highest BCUT2D eigenvalue weighted by atomic mass is 16.2. The average molecular weight is 298 g/mol. The van der Waals surface area contributed by atoms with Gasteiger partial charge in [0, 0.05) is 6.04 Å². The summed E-state index contributed by atoms with van der Waals surface area (Å²) in [5, 5.41) is 9.60. The largest absolute Gasteiger partial charge is 0.382 e. The fraction of sp³-hybridized carbons (Fsp3) is 0.400. The number of nitrogens with two attached hydrogens (primary N) is 1. The number of carbonyl (C=O) groups excluding carboxylic acids is 1. The molecular formula is C15H18N6O. The van der Waals surface area contributed by atoms with Crippen LogP contribution in [0.3, 0.4) is 0 Å². The second kappa shape index (κ2) is 4.89. The molecule has 4 rings (SSSR count). The van der Waals surface area contributed by atoms with Gasteiger partial charge in [-0.05, 0) is 25.0 Å². The molecule has 3 atom stereocenters. The summed E-state index contributed by atoms with van der Waals surface area (Å²) in [6.07, 6.45) is 0.739. The summed E-state index contributed by atoms with van der Waals surface area (Å²) in [6, 6.07) is 6.00. The number of aryl methyl sites for hydroxylation is 1. The Morgan fingerprint density at radius 3 is 3.00 bits per heavy atom. The Kier molecular flexibility index (Phi) is 2.98. The van der Waals surface area contributed by atoms with Gasteiger partial charge in [0.15, 0.2) is 0 Å². The van der Waals surface area contributed by atoms with Gasteiger partial charge in [-0.25, -0.2) is 9.97 Å². The van der Waals surface area contributed by atoms with E-state index >= 15 is 0 Å². The van der Waals surface area contributed by atoms with Gasteiger partial charge >= 0.3 is 0 Å². The van der Waals surface area contributed by atoms with Crippen LogP contribution in [-0.4, -0.2) is 28.7 Å². The van der Waals surface area contributed by atoms with Crippen LogP contribution in [0.15, 0.2) is 18.2 Å². The number of anilines is 1. The molecule has 0 spiro atoms. The molecule has 7 heteroatoms. The summed E-state index contributed by atoms with van der Waals surface area (Å²) in [5.74, 6) is 0.483. The number of benzene rings is 1. The van der Waals surface area contributed by atoms with Gasteiger partial charge < -0.3 is 11.1 Å². The van der Waals surface area contributed by atoms with Crippen molar-refractivity contribution in [2.45, 2.75) is 25.6 Å². The number of hydrogen-bond donors (Lipinski definition) is 4. The SMILES string of the molecule is Cc1nc2cccc(C3CC4C(=O)NCNC4N3)c2nc1N. The van der Waals surface area contributed by atoms with Crippen molar-refractivity contribution in [3.8, 4) is 0 Å². The Morgan fingerprint density at radius 1 is 1.32 bits per heavy atom. The maximum Gasteiger partial charge on any atom is 0.227 e. The summed E-state index contributed by atoms with van der Waals surface area (Å²) >= 11 is 0. The molecule has 22 heavy (non-hydrogen) atoms. The molecule has 0 radical (unpaired) electrons. The van der Waals surface area contributed by atoms with E-state index < -0.39 is 0 Å². The predicted molar refractivity (Wildman–Crippen MR) is 82.6 cm³/mol. The van der Waals surface area contributed by atoms with Crippen molar-refractivity contribution >= 4 is 22.8 Å². The van der Waals surface area contributed by atoms with Crippen LogP contribution in [-0.2, 0) is 4.79 Å². The van der Waals surface area contributed by atoms with Crippen LogP contribution in [0, 0.1) is 12.8 Å². The lowest BCUT2D eigenvalue weighted by Gasteiger charge is -2.26. The van der Waals surface area contributed by atoms with E-state index in [0.29, 0.717) is 12.5 Å². The van der Waals surface area contributed by atoms with Crippen molar-refractivity contribution in [3.05, 3.63) is 29.5 Å². The number of hydrogen-bond acceptors (Lipinski definition) is 6. The zero-order valence-corrected chi connectivity index (χ0v) is 12.3. The molecule has 2 aliphatic heterocycles. The normalized spacial score (nSPS) is 27.7. The van der Waals surface area contributed by atoms with Crippen LogP contribution in [0.2, 0.25) is 0 Å². The highest BCUT2D eigenvalue weighted by molar-refractivity contribution is 5.82. The number of para-hydroxylation sites is 1. The first kappa shape index (κ1) is 13.4. The molecule has 2 fully saturated rings. The molecule has 0 saturated carbocycles. The van der Waals surface area contributed by atoms with Crippen molar-refractivity contribution in [1.29, 1.82) is 0 Å². The maximum absolute atomic E-state index is 12.0. The van der Waals surface area contributed by atoms with E-state index in [1.165, 1.54) is 0 Å². The zero-order chi connectivity index (χ0) is 15.3. The Labute approximate surface area is 127 Å². The molecular weight excluding hydrogens is 280 g/mol. The molecule has 1 aromatic carbocycles. The number of nitrogens with zero attached hydrogens (tertiary/aromatic N) is 2. The molecule has 7 nitrogen and oxygen atoms in total. The number of nitrogen functional groups attached to an aromatic ring is 1. The van der Waals surface area contributed by atoms with Crippen LogP contribution in [0.4, 0.5) is 5.82 Å². The first-order valence-electron chi connectivity index (χ1n) is 7.43. The molecule has 114 valence electrons. The van der Waals surface area contributed by atoms with Crippen molar-refractivity contribution in [2.24, 2.45) is 5.92 Å². The van der Waals surface area contributed by atoms with E-state index in [0.717, 1.165) is 28.7 Å². The third-order valence-electron chi connectivity index (χ3n) is 4.51. The van der Waals surface area contributed by atoms with Crippen molar-refractivity contribution in [3.63, 3.8) is 0 Å². The summed E-state index contributed by atoms with van der Waals surface area (Å²) in [6.45, 7) is 2.35. The molecule has 0 aliphatic carbocycles. The summed E-state index contributed by atoms with van der Waals surface area (Å²) < 4.78 is 0. The Morgan fingerprint density at radius 2 is 2.18 bits per heavy atom. The molecule has 2 aromatic rings. The molecule has 3 heterocycles. The molecule has 2 saturated heterocycles. The smallest absolute Gasteiger partial charge is 0.227 e. The minimum Gasteiger partial charge on any atom is -0.382 e. The number of carbonyl (C=O) groups is 1. The van der Waals surface area contributed by atoms with E-state index in [1.807, 2.05) is 25.1 Å². The van der Waals surface area contributed by atoms with E-state index in [-0.39, 0.29) is 24.0 Å². The van der Waals surface area contributed by atoms with Gasteiger partial charge in [0.25, 0.3) is 0 Å². The van der Waals surface area contributed by atoms with Gasteiger partial charge in [-0.15, -0.1) is 0 Å². The second-order valence-electron chi connectivity index (χ2n) is 5.87. The molecule has 5 N–H and O–H groups in total. The van der Waals surface area contributed by atoms with Gasteiger partial charge in [-0.1, -0.05) is 12.1 Å². The molecule has 3 unspecified atom stereocenters. The maximum atomic E-state index is 12.0. The van der Waals surface area contributed by atoms with Crippen LogP contribution < -0.4 is 21.7 Å². The van der Waals surface area contributed by atoms with Gasteiger partial charge in [0.1, 0.15) is 5.82 Å². The van der Waals surface area contributed by atoms with E-state index in [2.05, 4.69) is 25.9 Å². The van der Waals surface area contributed by atoms with Gasteiger partial charge in [0.2, 0.25) is 5.91 Å². The predicted octanol–water partition coefficient (Wildman–Crippen LogP) is 0.174. The third kappa shape index (κ3) is 2.01. The Balaban J connectivity index is 1.75. The lowest BCUT2D eigenvalue weighted by Crippen LogP contribution is -2.56. The van der Waals surface area contributed by atoms with Crippen molar-refractivity contribution in [2.75, 3.05) is 12.4 Å². The van der Waals surface area contributed by atoms with E-state index in [4.69, 9.17) is 5.73 Å². The Hall–Kier alpha value is -2.25. The topological polar surface area (TPSA) is 105 Å². The monoisotopic (exact) mass is 298 g/mol.